The number of rotatable bonds is 6. The van der Waals surface area contributed by atoms with E-state index in [4.69, 9.17) is 22.2 Å². The molecule has 0 aliphatic heterocycles. The van der Waals surface area contributed by atoms with Crippen LogP contribution in [-0.4, -0.2) is 14.9 Å². The molecule has 0 radical (unpaired) electrons. The molecule has 0 bridgehead atoms. The van der Waals surface area contributed by atoms with Gasteiger partial charge in [0.1, 0.15) is 11.5 Å². The molecule has 0 aliphatic carbocycles. The largest absolute Gasteiger partial charge is 0.457 e. The minimum Gasteiger partial charge on any atom is -0.457 e. The molecule has 4 rings (SSSR count). The fraction of sp³-hybridized carbons (Fsp3) is 0.0476. The first kappa shape index (κ1) is 18.4. The van der Waals surface area contributed by atoms with Crippen LogP contribution in [0.1, 0.15) is 5.56 Å². The Labute approximate surface area is 172 Å². The van der Waals surface area contributed by atoms with E-state index in [0.717, 1.165) is 22.6 Å². The lowest BCUT2D eigenvalue weighted by molar-refractivity contribution is 0.478. The zero-order chi connectivity index (χ0) is 19.3. The number of thioether (sulfide) groups is 1. The van der Waals surface area contributed by atoms with Crippen LogP contribution in [0.15, 0.2) is 84.0 Å². The maximum atomic E-state index is 6.25. The fourth-order valence-corrected chi connectivity index (χ4v) is 3.75. The highest BCUT2D eigenvalue weighted by molar-refractivity contribution is 7.98. The summed E-state index contributed by atoms with van der Waals surface area (Å²) in [4.78, 5) is 0. The molecule has 5 nitrogen and oxygen atoms in total. The molecule has 1 aromatic heterocycles. The Bertz CT molecular complexity index is 1080. The average Bonchev–Trinajstić information content (AvgIpc) is 3.09. The molecule has 3 aromatic carbocycles. The van der Waals surface area contributed by atoms with Gasteiger partial charge < -0.3 is 10.6 Å². The molecule has 0 saturated heterocycles. The second-order valence-corrected chi connectivity index (χ2v) is 7.32. The van der Waals surface area contributed by atoms with Crippen LogP contribution >= 0.6 is 23.4 Å². The van der Waals surface area contributed by atoms with E-state index in [0.29, 0.717) is 21.8 Å². The van der Waals surface area contributed by atoms with Crippen LogP contribution in [0.3, 0.4) is 0 Å². The molecule has 0 spiro atoms. The lowest BCUT2D eigenvalue weighted by Gasteiger charge is -2.11. The van der Waals surface area contributed by atoms with Gasteiger partial charge in [-0.3, -0.25) is 0 Å². The standard InChI is InChI=1S/C21H17ClN4OS/c22-18-12-6-5-11-17(18)20-24-25-21(26(20)23)28-14-15-8-4-7-13-19(15)27-16-9-2-1-3-10-16/h1-13H,14,23H2. The number of para-hydroxylation sites is 2. The van der Waals surface area contributed by atoms with E-state index in [9.17, 15) is 0 Å². The zero-order valence-corrected chi connectivity index (χ0v) is 16.4. The summed E-state index contributed by atoms with van der Waals surface area (Å²) in [6, 6.07) is 25.0. The van der Waals surface area contributed by atoms with E-state index >= 15 is 0 Å². The van der Waals surface area contributed by atoms with Gasteiger partial charge in [0.2, 0.25) is 5.16 Å². The summed E-state index contributed by atoms with van der Waals surface area (Å²) >= 11 is 7.74. The SMILES string of the molecule is Nn1c(SCc2ccccc2Oc2ccccc2)nnc1-c1ccccc1Cl. The lowest BCUT2D eigenvalue weighted by atomic mass is 10.2. The molecule has 0 amide bonds. The Morgan fingerprint density at radius 2 is 1.61 bits per heavy atom. The molecule has 140 valence electrons. The minimum absolute atomic E-state index is 0.530. The summed E-state index contributed by atoms with van der Waals surface area (Å²) < 4.78 is 7.48. The molecule has 0 fully saturated rings. The summed E-state index contributed by atoms with van der Waals surface area (Å²) in [6.07, 6.45) is 0. The van der Waals surface area contributed by atoms with Gasteiger partial charge in [-0.05, 0) is 30.3 Å². The Balaban J connectivity index is 1.52. The smallest absolute Gasteiger partial charge is 0.210 e. The Kier molecular flexibility index (Phi) is 5.50. The Hall–Kier alpha value is -2.96. The van der Waals surface area contributed by atoms with E-state index < -0.39 is 0 Å². The van der Waals surface area contributed by atoms with Crippen molar-refractivity contribution in [1.29, 1.82) is 0 Å². The summed E-state index contributed by atoms with van der Waals surface area (Å²) in [5.41, 5.74) is 1.79. The van der Waals surface area contributed by atoms with Crippen molar-refractivity contribution in [3.8, 4) is 22.9 Å². The predicted octanol–water partition coefficient (Wildman–Crippen LogP) is 5.40. The first-order valence-electron chi connectivity index (χ1n) is 8.61. The van der Waals surface area contributed by atoms with E-state index in [2.05, 4.69) is 10.2 Å². The third kappa shape index (κ3) is 3.98. The highest BCUT2D eigenvalue weighted by Gasteiger charge is 2.15. The van der Waals surface area contributed by atoms with Gasteiger partial charge in [-0.2, -0.15) is 0 Å². The number of hydrogen-bond acceptors (Lipinski definition) is 5. The van der Waals surface area contributed by atoms with Crippen LogP contribution in [-0.2, 0) is 5.75 Å². The van der Waals surface area contributed by atoms with E-state index in [1.165, 1.54) is 16.4 Å². The van der Waals surface area contributed by atoms with Gasteiger partial charge in [0.05, 0.1) is 5.02 Å². The van der Waals surface area contributed by atoms with Gasteiger partial charge in [-0.1, -0.05) is 71.9 Å². The lowest BCUT2D eigenvalue weighted by Crippen LogP contribution is -2.11. The van der Waals surface area contributed by atoms with Crippen molar-refractivity contribution in [1.82, 2.24) is 14.9 Å². The number of nitrogen functional groups attached to an aromatic ring is 1. The predicted molar refractivity (Wildman–Crippen MR) is 113 cm³/mol. The topological polar surface area (TPSA) is 66.0 Å². The number of aromatic nitrogens is 3. The highest BCUT2D eigenvalue weighted by atomic mass is 35.5. The molecular weight excluding hydrogens is 392 g/mol. The summed E-state index contributed by atoms with van der Waals surface area (Å²) in [5.74, 6) is 8.98. The van der Waals surface area contributed by atoms with Crippen LogP contribution in [0.2, 0.25) is 5.02 Å². The third-order valence-electron chi connectivity index (χ3n) is 4.08. The van der Waals surface area contributed by atoms with Gasteiger partial charge in [0.25, 0.3) is 0 Å². The Morgan fingerprint density at radius 1 is 0.893 bits per heavy atom. The van der Waals surface area contributed by atoms with Crippen LogP contribution in [0, 0.1) is 0 Å². The monoisotopic (exact) mass is 408 g/mol. The molecule has 0 aliphatic rings. The summed E-state index contributed by atoms with van der Waals surface area (Å²) in [6.45, 7) is 0. The second-order valence-electron chi connectivity index (χ2n) is 5.97. The first-order chi connectivity index (χ1) is 13.7. The molecule has 2 N–H and O–H groups in total. The number of nitrogens with zero attached hydrogens (tertiary/aromatic N) is 3. The highest BCUT2D eigenvalue weighted by Crippen LogP contribution is 2.32. The van der Waals surface area contributed by atoms with Gasteiger partial charge in [-0.25, -0.2) is 4.68 Å². The van der Waals surface area contributed by atoms with E-state index in [1.807, 2.05) is 72.8 Å². The van der Waals surface area contributed by atoms with Crippen LogP contribution in [0.4, 0.5) is 0 Å². The van der Waals surface area contributed by atoms with Crippen molar-refractivity contribution in [3.05, 3.63) is 89.4 Å². The molecule has 28 heavy (non-hydrogen) atoms. The quantitative estimate of drug-likeness (QED) is 0.342. The van der Waals surface area contributed by atoms with E-state index in [1.54, 1.807) is 6.07 Å². The zero-order valence-electron chi connectivity index (χ0n) is 14.8. The number of nitrogens with two attached hydrogens (primary N) is 1. The molecule has 7 heteroatoms. The molecular formula is C21H17ClN4OS. The molecule has 0 saturated carbocycles. The van der Waals surface area contributed by atoms with Crippen molar-refractivity contribution in [2.75, 3.05) is 5.84 Å². The molecule has 0 unspecified atom stereocenters. The van der Waals surface area contributed by atoms with Crippen LogP contribution in [0.25, 0.3) is 11.4 Å². The maximum Gasteiger partial charge on any atom is 0.210 e. The normalized spacial score (nSPS) is 10.8. The van der Waals surface area contributed by atoms with Gasteiger partial charge in [0, 0.05) is 16.9 Å². The average molecular weight is 409 g/mol. The fourth-order valence-electron chi connectivity index (χ4n) is 2.68. The van der Waals surface area contributed by atoms with Gasteiger partial charge in [-0.15, -0.1) is 10.2 Å². The summed E-state index contributed by atoms with van der Waals surface area (Å²) in [7, 11) is 0. The van der Waals surface area contributed by atoms with Crippen molar-refractivity contribution in [2.45, 2.75) is 10.9 Å². The van der Waals surface area contributed by atoms with Crippen molar-refractivity contribution < 1.29 is 4.74 Å². The van der Waals surface area contributed by atoms with E-state index in [-0.39, 0.29) is 0 Å². The number of halogens is 1. The van der Waals surface area contributed by atoms with Crippen LogP contribution in [0.5, 0.6) is 11.5 Å². The summed E-state index contributed by atoms with van der Waals surface area (Å²) in [5, 5.41) is 9.60. The Morgan fingerprint density at radius 3 is 2.43 bits per heavy atom. The third-order valence-corrected chi connectivity index (χ3v) is 5.40. The van der Waals surface area contributed by atoms with Crippen LogP contribution < -0.4 is 10.6 Å². The number of ether oxygens (including phenoxy) is 1. The van der Waals surface area contributed by atoms with Crippen molar-refractivity contribution in [3.63, 3.8) is 0 Å². The molecule has 1 heterocycles. The number of hydrogen-bond donors (Lipinski definition) is 1. The number of benzene rings is 3. The molecule has 0 atom stereocenters. The minimum atomic E-state index is 0.530. The van der Waals surface area contributed by atoms with Gasteiger partial charge in [0.15, 0.2) is 5.82 Å². The van der Waals surface area contributed by atoms with Crippen molar-refractivity contribution in [2.24, 2.45) is 0 Å². The first-order valence-corrected chi connectivity index (χ1v) is 9.98. The maximum absolute atomic E-state index is 6.25. The van der Waals surface area contributed by atoms with Crippen molar-refractivity contribution >= 4 is 23.4 Å². The second kappa shape index (κ2) is 8.37. The van der Waals surface area contributed by atoms with Gasteiger partial charge >= 0.3 is 0 Å². The molecule has 4 aromatic rings.